The first kappa shape index (κ1) is 26.0. The third-order valence-corrected chi connectivity index (χ3v) is 6.75. The molecule has 7 heteroatoms. The molecule has 1 aliphatic rings. The summed E-state index contributed by atoms with van der Waals surface area (Å²) in [6.45, 7) is 1.87. The molecule has 190 valence electrons. The van der Waals surface area contributed by atoms with Crippen LogP contribution in [-0.2, 0) is 0 Å². The van der Waals surface area contributed by atoms with Crippen LogP contribution < -0.4 is 15.4 Å². The number of rotatable bonds is 11. The molecule has 1 aliphatic carbocycles. The van der Waals surface area contributed by atoms with Gasteiger partial charge in [0.15, 0.2) is 0 Å². The van der Waals surface area contributed by atoms with Crippen LogP contribution >= 0.6 is 11.6 Å². The Balaban J connectivity index is 1.29. The highest BCUT2D eigenvalue weighted by atomic mass is 35.5. The highest BCUT2D eigenvalue weighted by Gasteiger charge is 2.19. The predicted molar refractivity (Wildman–Crippen MR) is 144 cm³/mol. The van der Waals surface area contributed by atoms with E-state index < -0.39 is 12.1 Å². The monoisotopic (exact) mass is 508 g/mol. The van der Waals surface area contributed by atoms with E-state index in [9.17, 15) is 15.0 Å². The summed E-state index contributed by atoms with van der Waals surface area (Å²) in [5.74, 6) is -0.526. The van der Waals surface area contributed by atoms with E-state index >= 15 is 0 Å². The molecule has 0 unspecified atom stereocenters. The molecule has 0 aliphatic heterocycles. The molecule has 0 spiro atoms. The standard InChI is InChI=1S/C29H33ClN2O4/c30-23-11-6-21(7-12-23)27(33)19-31-16-17-32-24-13-8-20(9-14-24)22-10-15-26(29(34)35)28(18-22)36-25-4-2-1-3-5-25/h6-15,18,25,27,31-33H,1-5,16-17,19H2,(H,34,35)/t27-/m0/s1. The Morgan fingerprint density at radius 2 is 1.64 bits per heavy atom. The molecular weight excluding hydrogens is 476 g/mol. The van der Waals surface area contributed by atoms with Gasteiger partial charge >= 0.3 is 5.97 Å². The van der Waals surface area contributed by atoms with Crippen molar-refractivity contribution in [3.05, 3.63) is 82.9 Å². The third kappa shape index (κ3) is 7.23. The molecule has 4 N–H and O–H groups in total. The lowest BCUT2D eigenvalue weighted by atomic mass is 9.97. The summed E-state index contributed by atoms with van der Waals surface area (Å²) < 4.78 is 6.14. The summed E-state index contributed by atoms with van der Waals surface area (Å²) in [5, 5.41) is 27.1. The Labute approximate surface area is 217 Å². The van der Waals surface area contributed by atoms with E-state index in [-0.39, 0.29) is 11.7 Å². The van der Waals surface area contributed by atoms with Gasteiger partial charge in [0.2, 0.25) is 0 Å². The Hall–Kier alpha value is -3.06. The molecule has 0 radical (unpaired) electrons. The minimum absolute atomic E-state index is 0.0830. The van der Waals surface area contributed by atoms with E-state index in [0.717, 1.165) is 48.1 Å². The molecule has 4 rings (SSSR count). The van der Waals surface area contributed by atoms with Gasteiger partial charge in [-0.15, -0.1) is 0 Å². The largest absolute Gasteiger partial charge is 0.490 e. The van der Waals surface area contributed by atoms with Gasteiger partial charge in [0.05, 0.1) is 12.2 Å². The minimum Gasteiger partial charge on any atom is -0.490 e. The van der Waals surface area contributed by atoms with Gasteiger partial charge in [-0.1, -0.05) is 48.4 Å². The van der Waals surface area contributed by atoms with Gasteiger partial charge < -0.3 is 25.6 Å². The summed E-state index contributed by atoms with van der Waals surface area (Å²) in [6.07, 6.45) is 4.91. The number of hydrogen-bond donors (Lipinski definition) is 4. The number of aliphatic hydroxyl groups excluding tert-OH is 1. The second-order valence-corrected chi connectivity index (χ2v) is 9.61. The van der Waals surface area contributed by atoms with Gasteiger partial charge in [0, 0.05) is 30.3 Å². The highest BCUT2D eigenvalue weighted by molar-refractivity contribution is 6.30. The lowest BCUT2D eigenvalue weighted by molar-refractivity contribution is 0.0686. The molecule has 1 saturated carbocycles. The molecule has 0 aromatic heterocycles. The molecule has 3 aromatic rings. The van der Waals surface area contributed by atoms with Crippen molar-refractivity contribution in [2.45, 2.75) is 44.3 Å². The van der Waals surface area contributed by atoms with Crippen molar-refractivity contribution in [2.24, 2.45) is 0 Å². The number of hydrogen-bond acceptors (Lipinski definition) is 5. The van der Waals surface area contributed by atoms with E-state index in [4.69, 9.17) is 16.3 Å². The zero-order valence-electron chi connectivity index (χ0n) is 20.3. The van der Waals surface area contributed by atoms with Crippen molar-refractivity contribution in [3.8, 4) is 16.9 Å². The molecule has 1 fully saturated rings. The van der Waals surface area contributed by atoms with Crippen molar-refractivity contribution >= 4 is 23.3 Å². The second-order valence-electron chi connectivity index (χ2n) is 9.17. The molecule has 0 bridgehead atoms. The van der Waals surface area contributed by atoms with Crippen molar-refractivity contribution in [2.75, 3.05) is 25.0 Å². The van der Waals surface area contributed by atoms with Crippen LogP contribution in [0.25, 0.3) is 11.1 Å². The molecule has 6 nitrogen and oxygen atoms in total. The number of ether oxygens (including phenoxy) is 1. The normalized spacial score (nSPS) is 14.8. The van der Waals surface area contributed by atoms with Crippen LogP contribution in [0.15, 0.2) is 66.7 Å². The smallest absolute Gasteiger partial charge is 0.339 e. The Morgan fingerprint density at radius 1 is 0.944 bits per heavy atom. The Kier molecular flexibility index (Phi) is 9.23. The highest BCUT2D eigenvalue weighted by Crippen LogP contribution is 2.31. The molecule has 36 heavy (non-hydrogen) atoms. The fraction of sp³-hybridized carbons (Fsp3) is 0.345. The number of halogens is 1. The Morgan fingerprint density at radius 3 is 2.33 bits per heavy atom. The van der Waals surface area contributed by atoms with Crippen LogP contribution in [0.4, 0.5) is 5.69 Å². The van der Waals surface area contributed by atoms with Crippen molar-refractivity contribution in [1.29, 1.82) is 0 Å². The van der Waals surface area contributed by atoms with E-state index in [1.165, 1.54) is 6.42 Å². The maximum Gasteiger partial charge on any atom is 0.339 e. The van der Waals surface area contributed by atoms with Crippen LogP contribution in [0.2, 0.25) is 5.02 Å². The number of carbonyl (C=O) groups is 1. The van der Waals surface area contributed by atoms with Gasteiger partial charge in [-0.05, 0) is 78.8 Å². The van der Waals surface area contributed by atoms with Crippen LogP contribution in [0.5, 0.6) is 5.75 Å². The number of aromatic carboxylic acids is 1. The Bertz CT molecular complexity index is 1130. The topological polar surface area (TPSA) is 90.8 Å². The minimum atomic E-state index is -0.971. The fourth-order valence-electron chi connectivity index (χ4n) is 4.46. The number of carboxylic acids is 1. The number of carboxylic acid groups (broad SMARTS) is 1. The maximum absolute atomic E-state index is 11.7. The van der Waals surface area contributed by atoms with Crippen molar-refractivity contribution < 1.29 is 19.7 Å². The van der Waals surface area contributed by atoms with Gasteiger partial charge in [-0.2, -0.15) is 0 Å². The van der Waals surface area contributed by atoms with Gasteiger partial charge in [-0.3, -0.25) is 0 Å². The van der Waals surface area contributed by atoms with E-state index in [1.54, 1.807) is 18.2 Å². The summed E-state index contributed by atoms with van der Waals surface area (Å²) in [4.78, 5) is 11.7. The number of benzene rings is 3. The van der Waals surface area contributed by atoms with E-state index in [1.807, 2.05) is 48.5 Å². The first-order valence-electron chi connectivity index (χ1n) is 12.5. The predicted octanol–water partition coefficient (Wildman–Crippen LogP) is 6.15. The van der Waals surface area contributed by atoms with Crippen LogP contribution in [0.3, 0.4) is 0 Å². The van der Waals surface area contributed by atoms with Crippen molar-refractivity contribution in [3.63, 3.8) is 0 Å². The third-order valence-electron chi connectivity index (χ3n) is 6.50. The zero-order chi connectivity index (χ0) is 25.3. The first-order chi connectivity index (χ1) is 17.5. The summed E-state index contributed by atoms with van der Waals surface area (Å²) in [5.41, 5.74) is 3.94. The van der Waals surface area contributed by atoms with E-state index in [0.29, 0.717) is 30.4 Å². The van der Waals surface area contributed by atoms with Crippen LogP contribution in [0, 0.1) is 0 Å². The zero-order valence-corrected chi connectivity index (χ0v) is 21.0. The van der Waals surface area contributed by atoms with Gasteiger partial charge in [-0.25, -0.2) is 4.79 Å². The van der Waals surface area contributed by atoms with Crippen molar-refractivity contribution in [1.82, 2.24) is 5.32 Å². The summed E-state index contributed by atoms with van der Waals surface area (Å²) in [6, 6.07) is 20.5. The maximum atomic E-state index is 11.7. The average molecular weight is 509 g/mol. The first-order valence-corrected chi connectivity index (χ1v) is 12.9. The van der Waals surface area contributed by atoms with Crippen LogP contribution in [-0.4, -0.2) is 41.9 Å². The number of aliphatic hydroxyl groups is 1. The quantitative estimate of drug-likeness (QED) is 0.232. The second kappa shape index (κ2) is 12.8. The number of nitrogens with one attached hydrogen (secondary N) is 2. The molecule has 1 atom stereocenters. The molecule has 3 aromatic carbocycles. The number of anilines is 1. The molecule has 0 amide bonds. The van der Waals surface area contributed by atoms with E-state index in [2.05, 4.69) is 10.6 Å². The molecular formula is C29H33ClN2O4. The lowest BCUT2D eigenvalue weighted by Crippen LogP contribution is -2.26. The molecule has 0 heterocycles. The molecule has 0 saturated heterocycles. The lowest BCUT2D eigenvalue weighted by Gasteiger charge is -2.24. The summed E-state index contributed by atoms with van der Waals surface area (Å²) in [7, 11) is 0. The fourth-order valence-corrected chi connectivity index (χ4v) is 4.58. The van der Waals surface area contributed by atoms with Crippen LogP contribution in [0.1, 0.15) is 54.1 Å². The summed E-state index contributed by atoms with van der Waals surface area (Å²) >= 11 is 5.89. The average Bonchev–Trinajstić information content (AvgIpc) is 2.89. The SMILES string of the molecule is O=C(O)c1ccc(-c2ccc(NCCNC[C@H](O)c3ccc(Cl)cc3)cc2)cc1OC1CCCCC1. The van der Waals surface area contributed by atoms with Gasteiger partial charge in [0.25, 0.3) is 0 Å². The van der Waals surface area contributed by atoms with Gasteiger partial charge in [0.1, 0.15) is 11.3 Å².